The Kier molecular flexibility index (Phi) is 9.28. The first kappa shape index (κ1) is 33.9. The lowest BCUT2D eigenvalue weighted by molar-refractivity contribution is -0.167. The van der Waals surface area contributed by atoms with Crippen molar-refractivity contribution in [1.29, 1.82) is 0 Å². The molecule has 0 radical (unpaired) electrons. The Morgan fingerprint density at radius 3 is 2.33 bits per heavy atom. The van der Waals surface area contributed by atoms with Crippen LogP contribution in [0.5, 0.6) is 5.75 Å². The minimum absolute atomic E-state index is 0.0781. The zero-order valence-electron chi connectivity index (χ0n) is 26.2. The Morgan fingerprint density at radius 1 is 1.07 bits per heavy atom. The van der Waals surface area contributed by atoms with Crippen LogP contribution in [0.1, 0.15) is 67.5 Å². The van der Waals surface area contributed by atoms with Gasteiger partial charge >= 0.3 is 12.1 Å². The molecule has 3 aliphatic heterocycles. The number of fused-ring (bicyclic) bond motifs is 1. The fourth-order valence-corrected chi connectivity index (χ4v) is 5.81. The van der Waals surface area contributed by atoms with Gasteiger partial charge in [-0.1, -0.05) is 6.07 Å². The zero-order chi connectivity index (χ0) is 33.6. The zero-order valence-corrected chi connectivity index (χ0v) is 26.2. The van der Waals surface area contributed by atoms with E-state index in [9.17, 15) is 22.8 Å². The lowest BCUT2D eigenvalue weighted by Gasteiger charge is -2.38. The van der Waals surface area contributed by atoms with E-state index in [1.54, 1.807) is 12.1 Å². The molecule has 5 rings (SSSR count). The van der Waals surface area contributed by atoms with Gasteiger partial charge in [-0.2, -0.15) is 13.2 Å². The van der Waals surface area contributed by atoms with E-state index in [1.807, 2.05) is 27.7 Å². The van der Waals surface area contributed by atoms with Crippen LogP contribution in [0.25, 0.3) is 0 Å². The van der Waals surface area contributed by atoms with E-state index in [-0.39, 0.29) is 19.6 Å². The molecule has 0 bridgehead atoms. The summed E-state index contributed by atoms with van der Waals surface area (Å²) in [6.45, 7) is 7.12. The van der Waals surface area contributed by atoms with Crippen molar-refractivity contribution >= 4 is 17.6 Å². The standard InChI is InChI=1S/C32H37F5N2O7/c1-30(2)31(3,4)46-29(45-30)20-9-8-17(19-7-6-11-44-26(19)20)13-23(28(41)42-5)38-27(40)25-21(33)14-18(15-22(25)34)39-10-12-43-16-24(39)32(35,36)37/h8-9,14-15,23-24,29H,6-7,10-13,16H2,1-5H3,(H,38,40)/t23-,24+/m0/s1. The maximum Gasteiger partial charge on any atom is 0.411 e. The van der Waals surface area contributed by atoms with Crippen LogP contribution in [0.15, 0.2) is 24.3 Å². The number of morpholine rings is 1. The van der Waals surface area contributed by atoms with Gasteiger partial charge in [0.25, 0.3) is 5.91 Å². The van der Waals surface area contributed by atoms with E-state index in [0.29, 0.717) is 48.5 Å². The van der Waals surface area contributed by atoms with E-state index >= 15 is 8.78 Å². The Labute approximate surface area is 263 Å². The second-order valence-electron chi connectivity index (χ2n) is 12.5. The molecule has 2 saturated heterocycles. The Bertz CT molecular complexity index is 1460. The number of hydrogen-bond donors (Lipinski definition) is 1. The summed E-state index contributed by atoms with van der Waals surface area (Å²) in [4.78, 5) is 26.8. The molecule has 0 aromatic heterocycles. The molecule has 2 atom stereocenters. The highest BCUT2D eigenvalue weighted by Gasteiger charge is 2.50. The van der Waals surface area contributed by atoms with Crippen LogP contribution in [-0.4, -0.2) is 74.8 Å². The van der Waals surface area contributed by atoms with Crippen LogP contribution >= 0.6 is 0 Å². The number of benzene rings is 2. The van der Waals surface area contributed by atoms with Crippen molar-refractivity contribution in [3.8, 4) is 5.75 Å². The van der Waals surface area contributed by atoms with Crippen LogP contribution in [0.4, 0.5) is 27.6 Å². The van der Waals surface area contributed by atoms with Crippen molar-refractivity contribution in [3.63, 3.8) is 0 Å². The predicted molar refractivity (Wildman–Crippen MR) is 155 cm³/mol. The summed E-state index contributed by atoms with van der Waals surface area (Å²) >= 11 is 0. The first-order chi connectivity index (χ1) is 21.5. The highest BCUT2D eigenvalue weighted by molar-refractivity contribution is 5.97. The predicted octanol–water partition coefficient (Wildman–Crippen LogP) is 5.17. The molecule has 0 saturated carbocycles. The molecule has 2 aromatic rings. The van der Waals surface area contributed by atoms with Gasteiger partial charge in [0, 0.05) is 18.7 Å². The molecule has 0 spiro atoms. The summed E-state index contributed by atoms with van der Waals surface area (Å²) in [6, 6.07) is 1.36. The van der Waals surface area contributed by atoms with E-state index in [0.717, 1.165) is 17.6 Å². The van der Waals surface area contributed by atoms with E-state index in [1.165, 1.54) is 0 Å². The molecular formula is C32H37F5N2O7. The first-order valence-electron chi connectivity index (χ1n) is 15.0. The summed E-state index contributed by atoms with van der Waals surface area (Å²) in [5.41, 5.74) is -0.549. The molecule has 1 amide bonds. The van der Waals surface area contributed by atoms with Gasteiger partial charge < -0.3 is 33.9 Å². The smallest absolute Gasteiger partial charge is 0.411 e. The van der Waals surface area contributed by atoms with E-state index in [4.69, 9.17) is 23.7 Å². The fourth-order valence-electron chi connectivity index (χ4n) is 5.81. The van der Waals surface area contributed by atoms with E-state index < -0.39 is 77.1 Å². The van der Waals surface area contributed by atoms with Crippen LogP contribution in [0.3, 0.4) is 0 Å². The number of nitrogens with zero attached hydrogens (tertiary/aromatic N) is 1. The SMILES string of the molecule is COC(=O)[C@H](Cc1ccc(C2OC(C)(C)C(C)(C)O2)c2c1CCCO2)NC(=O)c1c(F)cc(N2CCOC[C@@H]2C(F)(F)F)cc1F. The molecule has 46 heavy (non-hydrogen) atoms. The van der Waals surface area contributed by atoms with Crippen molar-refractivity contribution in [1.82, 2.24) is 5.32 Å². The summed E-state index contributed by atoms with van der Waals surface area (Å²) in [5, 5.41) is 2.35. The highest BCUT2D eigenvalue weighted by Crippen LogP contribution is 2.48. The van der Waals surface area contributed by atoms with E-state index in [2.05, 4.69) is 5.32 Å². The van der Waals surface area contributed by atoms with Crippen LogP contribution in [0.2, 0.25) is 0 Å². The average Bonchev–Trinajstić information content (AvgIpc) is 3.21. The maximum absolute atomic E-state index is 15.2. The third-order valence-corrected chi connectivity index (χ3v) is 9.02. The number of carbonyl (C=O) groups is 2. The van der Waals surface area contributed by atoms with Crippen molar-refractivity contribution < 1.29 is 55.2 Å². The lowest BCUT2D eigenvalue weighted by Crippen LogP contribution is -2.53. The number of amides is 1. The molecule has 2 fully saturated rings. The number of rotatable bonds is 7. The summed E-state index contributed by atoms with van der Waals surface area (Å²) < 4.78 is 99.4. The molecule has 2 aromatic carbocycles. The molecule has 3 aliphatic rings. The Morgan fingerprint density at radius 2 is 1.72 bits per heavy atom. The number of methoxy groups -OCH3 is 1. The number of nitrogens with one attached hydrogen (secondary N) is 1. The summed E-state index contributed by atoms with van der Waals surface area (Å²) in [5.74, 6) is -4.37. The van der Waals surface area contributed by atoms with Gasteiger partial charge in [0.05, 0.1) is 43.7 Å². The molecule has 0 aliphatic carbocycles. The molecule has 3 heterocycles. The first-order valence-corrected chi connectivity index (χ1v) is 15.0. The van der Waals surface area contributed by atoms with Crippen LogP contribution in [0, 0.1) is 11.6 Å². The molecule has 252 valence electrons. The Hall–Kier alpha value is -3.49. The van der Waals surface area contributed by atoms with Gasteiger partial charge in [0.15, 0.2) is 6.29 Å². The molecule has 14 heteroatoms. The molecule has 0 unspecified atom stereocenters. The monoisotopic (exact) mass is 656 g/mol. The second kappa shape index (κ2) is 12.6. The van der Waals surface area contributed by atoms with Gasteiger partial charge in [-0.15, -0.1) is 0 Å². The average molecular weight is 657 g/mol. The minimum atomic E-state index is -4.72. The van der Waals surface area contributed by atoms with Gasteiger partial charge in [-0.05, 0) is 69.9 Å². The van der Waals surface area contributed by atoms with Crippen molar-refractivity contribution in [2.24, 2.45) is 0 Å². The lowest BCUT2D eigenvalue weighted by atomic mass is 9.90. The van der Waals surface area contributed by atoms with Gasteiger partial charge in [-0.3, -0.25) is 4.79 Å². The summed E-state index contributed by atoms with van der Waals surface area (Å²) in [6.07, 6.45) is -4.26. The fraction of sp³-hybridized carbons (Fsp3) is 0.562. The third-order valence-electron chi connectivity index (χ3n) is 9.02. The van der Waals surface area contributed by atoms with Gasteiger partial charge in [0.2, 0.25) is 0 Å². The van der Waals surface area contributed by atoms with Gasteiger partial charge in [0.1, 0.15) is 35.0 Å². The second-order valence-corrected chi connectivity index (χ2v) is 12.5. The quantitative estimate of drug-likeness (QED) is 0.322. The number of carbonyl (C=O) groups excluding carboxylic acids is 2. The number of anilines is 1. The summed E-state index contributed by atoms with van der Waals surface area (Å²) in [7, 11) is 1.11. The van der Waals surface area contributed by atoms with Crippen molar-refractivity contribution in [2.45, 2.75) is 82.7 Å². The molecule has 1 N–H and O–H groups in total. The number of halogens is 5. The minimum Gasteiger partial charge on any atom is -0.493 e. The third kappa shape index (κ3) is 6.52. The number of ether oxygens (including phenoxy) is 5. The largest absolute Gasteiger partial charge is 0.493 e. The number of esters is 1. The normalized spacial score (nSPS) is 21.7. The topological polar surface area (TPSA) is 95.6 Å². The van der Waals surface area contributed by atoms with Crippen LogP contribution < -0.4 is 15.0 Å². The number of alkyl halides is 3. The molecule has 9 nitrogen and oxygen atoms in total. The Balaban J connectivity index is 1.40. The maximum atomic E-state index is 15.2. The molecular weight excluding hydrogens is 619 g/mol. The van der Waals surface area contributed by atoms with Crippen molar-refractivity contribution in [3.05, 3.63) is 58.2 Å². The highest BCUT2D eigenvalue weighted by atomic mass is 19.4. The van der Waals surface area contributed by atoms with Gasteiger partial charge in [-0.25, -0.2) is 13.6 Å². The number of hydrogen-bond acceptors (Lipinski definition) is 8. The van der Waals surface area contributed by atoms with Crippen LogP contribution in [-0.2, 0) is 36.6 Å². The van der Waals surface area contributed by atoms with Crippen molar-refractivity contribution in [2.75, 3.05) is 38.4 Å².